The van der Waals surface area contributed by atoms with Crippen LogP contribution in [0.25, 0.3) is 0 Å². The van der Waals surface area contributed by atoms with E-state index in [1.165, 1.54) is 0 Å². The van der Waals surface area contributed by atoms with Crippen LogP contribution in [0.2, 0.25) is 0 Å². The summed E-state index contributed by atoms with van der Waals surface area (Å²) in [6.45, 7) is 11.3. The van der Waals surface area contributed by atoms with Crippen LogP contribution >= 0.6 is 0 Å². The average molecular weight is 505 g/mol. The molecule has 0 radical (unpaired) electrons. The zero-order valence-corrected chi connectivity index (χ0v) is 21.9. The van der Waals surface area contributed by atoms with Gasteiger partial charge in [0.1, 0.15) is 11.6 Å². The summed E-state index contributed by atoms with van der Waals surface area (Å²) in [7, 11) is 0. The van der Waals surface area contributed by atoms with Crippen LogP contribution in [-0.2, 0) is 23.9 Å². The van der Waals surface area contributed by atoms with E-state index in [0.717, 1.165) is 38.5 Å². The minimum atomic E-state index is -1.01. The number of likely N-dealkylation sites (tertiary alicyclic amines) is 1. The highest BCUT2D eigenvalue weighted by Crippen LogP contribution is 2.58. The van der Waals surface area contributed by atoms with Gasteiger partial charge in [-0.3, -0.25) is 14.4 Å². The van der Waals surface area contributed by atoms with Gasteiger partial charge in [-0.2, -0.15) is 0 Å². The normalized spacial score (nSPS) is 28.3. The Balaban J connectivity index is 1.84. The van der Waals surface area contributed by atoms with Crippen molar-refractivity contribution in [2.24, 2.45) is 11.8 Å². The fourth-order valence-corrected chi connectivity index (χ4v) is 6.17. The number of fused-ring (bicyclic) bond motifs is 1. The molecule has 3 aliphatic heterocycles. The van der Waals surface area contributed by atoms with Crippen molar-refractivity contribution >= 4 is 17.8 Å². The molecular weight excluding hydrogens is 460 g/mol. The lowest BCUT2D eigenvalue weighted by atomic mass is 9.70. The first kappa shape index (κ1) is 28.4. The van der Waals surface area contributed by atoms with Gasteiger partial charge in [0, 0.05) is 26.2 Å². The van der Waals surface area contributed by atoms with E-state index in [4.69, 9.17) is 9.47 Å². The van der Waals surface area contributed by atoms with Crippen LogP contribution in [0, 0.1) is 11.8 Å². The zero-order chi connectivity index (χ0) is 26.1. The lowest BCUT2D eigenvalue weighted by Gasteiger charge is -2.36. The van der Waals surface area contributed by atoms with E-state index in [2.05, 4.69) is 20.1 Å². The molecule has 0 aromatic rings. The first-order valence-electron chi connectivity index (χ1n) is 13.7. The van der Waals surface area contributed by atoms with Crippen LogP contribution in [0.4, 0.5) is 0 Å². The van der Waals surface area contributed by atoms with Crippen LogP contribution in [0.3, 0.4) is 0 Å². The molecule has 3 saturated heterocycles. The maximum Gasteiger partial charge on any atom is 0.312 e. The molecule has 3 aliphatic rings. The number of rotatable bonds is 17. The van der Waals surface area contributed by atoms with Gasteiger partial charge in [0.25, 0.3) is 0 Å². The molecule has 2 unspecified atom stereocenters. The van der Waals surface area contributed by atoms with Gasteiger partial charge in [0.15, 0.2) is 0 Å². The number of amides is 2. The molecule has 0 aromatic heterocycles. The van der Waals surface area contributed by atoms with Crippen molar-refractivity contribution in [2.75, 3.05) is 32.8 Å². The zero-order valence-electron chi connectivity index (χ0n) is 21.9. The van der Waals surface area contributed by atoms with Gasteiger partial charge >= 0.3 is 5.97 Å². The van der Waals surface area contributed by atoms with Crippen LogP contribution in [0.1, 0.15) is 71.1 Å². The summed E-state index contributed by atoms with van der Waals surface area (Å²) in [5, 5.41) is 9.29. The fourth-order valence-electron chi connectivity index (χ4n) is 6.17. The van der Waals surface area contributed by atoms with E-state index >= 15 is 0 Å². The molecule has 2 bridgehead atoms. The molecule has 0 saturated carbocycles. The van der Waals surface area contributed by atoms with Gasteiger partial charge in [0.05, 0.1) is 24.5 Å². The number of allylic oxidation sites excluding steroid dienone is 1. The number of hydrogen-bond acceptors (Lipinski definition) is 6. The largest absolute Gasteiger partial charge is 0.465 e. The van der Waals surface area contributed by atoms with Crippen molar-refractivity contribution in [2.45, 2.75) is 88.9 Å². The average Bonchev–Trinajstić information content (AvgIpc) is 3.51. The van der Waals surface area contributed by atoms with Gasteiger partial charge < -0.3 is 24.4 Å². The lowest BCUT2D eigenvalue weighted by Crippen LogP contribution is -2.56. The highest BCUT2D eigenvalue weighted by atomic mass is 16.6. The van der Waals surface area contributed by atoms with E-state index < -0.39 is 35.6 Å². The molecule has 36 heavy (non-hydrogen) atoms. The molecule has 8 heteroatoms. The van der Waals surface area contributed by atoms with E-state index in [9.17, 15) is 19.5 Å². The number of esters is 1. The molecule has 1 N–H and O–H groups in total. The van der Waals surface area contributed by atoms with Gasteiger partial charge in [0.2, 0.25) is 11.8 Å². The number of ether oxygens (including phenoxy) is 2. The molecule has 202 valence electrons. The topological polar surface area (TPSA) is 96.4 Å². The van der Waals surface area contributed by atoms with Gasteiger partial charge in [-0.1, -0.05) is 31.9 Å². The smallest absolute Gasteiger partial charge is 0.312 e. The molecule has 3 rings (SSSR count). The molecule has 5 atom stereocenters. The second-order valence-electron chi connectivity index (χ2n) is 10.3. The predicted octanol–water partition coefficient (Wildman–Crippen LogP) is 3.24. The van der Waals surface area contributed by atoms with E-state index in [0.29, 0.717) is 51.9 Å². The summed E-state index contributed by atoms with van der Waals surface area (Å²) in [5.41, 5.74) is -1.01. The highest BCUT2D eigenvalue weighted by molar-refractivity contribution is 5.98. The maximum absolute atomic E-state index is 14.0. The number of aliphatic hydroxyl groups excluding tert-OH is 1. The van der Waals surface area contributed by atoms with Crippen LogP contribution in [0.5, 0.6) is 0 Å². The molecular formula is C28H44N2O6. The Morgan fingerprint density at radius 1 is 1.19 bits per heavy atom. The van der Waals surface area contributed by atoms with E-state index in [-0.39, 0.29) is 18.4 Å². The molecule has 0 aromatic carbocycles. The summed E-state index contributed by atoms with van der Waals surface area (Å²) in [6.07, 6.45) is 10.9. The predicted molar refractivity (Wildman–Crippen MR) is 137 cm³/mol. The Morgan fingerprint density at radius 3 is 2.69 bits per heavy atom. The summed E-state index contributed by atoms with van der Waals surface area (Å²) in [6, 6.07) is -0.773. The summed E-state index contributed by atoms with van der Waals surface area (Å²) in [5.74, 6) is -2.12. The minimum absolute atomic E-state index is 0.0220. The summed E-state index contributed by atoms with van der Waals surface area (Å²) < 4.78 is 12.1. The quantitative estimate of drug-likeness (QED) is 0.186. The van der Waals surface area contributed by atoms with Crippen LogP contribution < -0.4 is 0 Å². The fraction of sp³-hybridized carbons (Fsp3) is 0.750. The lowest BCUT2D eigenvalue weighted by molar-refractivity contribution is -0.155. The molecule has 8 nitrogen and oxygen atoms in total. The van der Waals surface area contributed by atoms with Crippen molar-refractivity contribution in [3.05, 3.63) is 25.3 Å². The number of aliphatic hydroxyl groups is 1. The Labute approximate surface area is 215 Å². The van der Waals surface area contributed by atoms with Crippen molar-refractivity contribution < 1.29 is 29.0 Å². The molecule has 0 aliphatic carbocycles. The number of carbonyl (C=O) groups is 3. The van der Waals surface area contributed by atoms with Crippen LogP contribution in [-0.4, -0.2) is 83.3 Å². The summed E-state index contributed by atoms with van der Waals surface area (Å²) >= 11 is 0. The number of nitrogens with zero attached hydrogens (tertiary/aromatic N) is 2. The monoisotopic (exact) mass is 504 g/mol. The first-order chi connectivity index (χ1) is 17.5. The number of unbranched alkanes of at least 4 members (excludes halogenated alkanes) is 5. The molecule has 1 spiro atoms. The van der Waals surface area contributed by atoms with Crippen molar-refractivity contribution in [3.8, 4) is 0 Å². The third-order valence-corrected chi connectivity index (χ3v) is 7.85. The second-order valence-corrected chi connectivity index (χ2v) is 10.3. The number of carbonyl (C=O) groups excluding carboxylic acids is 3. The molecule has 3 heterocycles. The molecule has 2 amide bonds. The third-order valence-electron chi connectivity index (χ3n) is 7.85. The molecule has 3 fully saturated rings. The Morgan fingerprint density at radius 2 is 2.00 bits per heavy atom. The van der Waals surface area contributed by atoms with E-state index in [1.807, 2.05) is 6.08 Å². The maximum atomic E-state index is 14.0. The second kappa shape index (κ2) is 13.4. The van der Waals surface area contributed by atoms with E-state index in [1.54, 1.807) is 15.9 Å². The van der Waals surface area contributed by atoms with Crippen molar-refractivity contribution in [3.63, 3.8) is 0 Å². The standard InChI is InChI=1S/C28H44N2O6/c1-4-7-9-13-20-35-27(34)22-21-14-15-28(36-21)23(22)25(32)30(18-11-12-19-31)24(28)26(33)29(16-6-3)17-10-8-5-2/h4,6,21-24,31H,1,3,5,7-20H2,2H3/t21-,22+,23+,24?,28?/m1/s1. The van der Waals surface area contributed by atoms with Crippen molar-refractivity contribution in [1.82, 2.24) is 9.80 Å². The minimum Gasteiger partial charge on any atom is -0.465 e. The Bertz CT molecular complexity index is 801. The van der Waals surface area contributed by atoms with Gasteiger partial charge in [-0.15, -0.1) is 13.2 Å². The van der Waals surface area contributed by atoms with Gasteiger partial charge in [-0.25, -0.2) is 0 Å². The first-order valence-corrected chi connectivity index (χ1v) is 13.7. The van der Waals surface area contributed by atoms with Gasteiger partial charge in [-0.05, 0) is 51.4 Å². The van der Waals surface area contributed by atoms with Crippen molar-refractivity contribution in [1.29, 1.82) is 0 Å². The highest BCUT2D eigenvalue weighted by Gasteiger charge is 2.74. The Kier molecular flexibility index (Phi) is 10.5. The Hall–Kier alpha value is -2.19. The third kappa shape index (κ3) is 5.70. The van der Waals surface area contributed by atoms with Crippen LogP contribution in [0.15, 0.2) is 25.3 Å². The SMILES string of the molecule is C=CCCCCOC(=O)[C@@H]1[C@H]2C(=O)N(CCCCO)C(C(=O)N(CC=C)CCCCC)C23CC[C@H]1O3. The number of hydrogen-bond donors (Lipinski definition) is 1. The summed E-state index contributed by atoms with van der Waals surface area (Å²) in [4.78, 5) is 44.4.